The maximum atomic E-state index is 11.6. The summed E-state index contributed by atoms with van der Waals surface area (Å²) in [4.78, 5) is 11.6. The van der Waals surface area contributed by atoms with Crippen LogP contribution < -0.4 is 10.6 Å². The second-order valence-corrected chi connectivity index (χ2v) is 5.71. The Balaban J connectivity index is 1.66. The molecule has 0 saturated carbocycles. The van der Waals surface area contributed by atoms with Gasteiger partial charge in [-0.3, -0.25) is 9.48 Å². The van der Waals surface area contributed by atoms with E-state index in [2.05, 4.69) is 28.7 Å². The summed E-state index contributed by atoms with van der Waals surface area (Å²) in [6.07, 6.45) is 4.30. The van der Waals surface area contributed by atoms with Crippen molar-refractivity contribution in [1.29, 1.82) is 0 Å². The average Bonchev–Trinajstić information content (AvgIpc) is 3.21. The topological polar surface area (TPSA) is 92.3 Å². The van der Waals surface area contributed by atoms with Crippen LogP contribution in [0.5, 0.6) is 0 Å². The molecule has 2 aromatic heterocycles. The minimum Gasteiger partial charge on any atom is -0.461 e. The summed E-state index contributed by atoms with van der Waals surface area (Å²) in [7, 11) is 0. The Morgan fingerprint density at radius 2 is 2.20 bits per heavy atom. The van der Waals surface area contributed by atoms with Crippen LogP contribution in [0, 0.1) is 0 Å². The van der Waals surface area contributed by atoms with Gasteiger partial charge in [-0.2, -0.15) is 5.10 Å². The highest BCUT2D eigenvalue weighted by Crippen LogP contribution is 2.27. The van der Waals surface area contributed by atoms with Gasteiger partial charge in [0.2, 0.25) is 5.91 Å². The summed E-state index contributed by atoms with van der Waals surface area (Å²) < 4.78 is 7.46. The fraction of sp³-hybridized carbons (Fsp3) is 0.333. The van der Waals surface area contributed by atoms with Gasteiger partial charge in [-0.15, -0.1) is 0 Å². The molecule has 3 rings (SSSR count). The number of aromatic nitrogens is 2. The van der Waals surface area contributed by atoms with Gasteiger partial charge in [-0.05, 0) is 6.07 Å². The lowest BCUT2D eigenvalue weighted by Gasteiger charge is -2.04. The third-order valence-electron chi connectivity index (χ3n) is 3.95. The van der Waals surface area contributed by atoms with Crippen LogP contribution in [0.3, 0.4) is 0 Å². The third-order valence-corrected chi connectivity index (χ3v) is 3.95. The summed E-state index contributed by atoms with van der Waals surface area (Å²) in [6.45, 7) is 3.00. The average molecular weight is 342 g/mol. The van der Waals surface area contributed by atoms with E-state index in [4.69, 9.17) is 9.52 Å². The molecule has 7 heteroatoms. The maximum Gasteiger partial charge on any atom is 0.241 e. The standard InChI is InChI=1S/C18H22N4O3/c1-2-16-15(14-5-3-4-6-17(14)25-16)10-20-13-9-21-22(11-13)12-18(24)19-7-8-23/h3-6,9,11,20,23H,2,7-8,10,12H2,1H3,(H,19,24). The van der Waals surface area contributed by atoms with Gasteiger partial charge in [-0.25, -0.2) is 0 Å². The van der Waals surface area contributed by atoms with Crippen molar-refractivity contribution in [2.24, 2.45) is 0 Å². The lowest BCUT2D eigenvalue weighted by atomic mass is 10.1. The number of anilines is 1. The summed E-state index contributed by atoms with van der Waals surface area (Å²) >= 11 is 0. The van der Waals surface area contributed by atoms with Gasteiger partial charge >= 0.3 is 0 Å². The number of rotatable bonds is 8. The first kappa shape index (κ1) is 17.0. The number of hydrogen-bond acceptors (Lipinski definition) is 5. The van der Waals surface area contributed by atoms with Crippen LogP contribution in [0.1, 0.15) is 18.2 Å². The molecule has 0 fully saturated rings. The van der Waals surface area contributed by atoms with Gasteiger partial charge < -0.3 is 20.2 Å². The molecule has 0 bridgehead atoms. The quantitative estimate of drug-likeness (QED) is 0.582. The van der Waals surface area contributed by atoms with Crippen LogP contribution >= 0.6 is 0 Å². The van der Waals surface area contributed by atoms with E-state index in [1.165, 1.54) is 0 Å². The minimum atomic E-state index is -0.183. The molecule has 3 N–H and O–H groups in total. The molecule has 3 aromatic rings. The molecule has 2 heterocycles. The second kappa shape index (κ2) is 7.85. The number of aliphatic hydroxyl groups is 1. The number of furan rings is 1. The molecule has 1 amide bonds. The molecule has 25 heavy (non-hydrogen) atoms. The monoisotopic (exact) mass is 342 g/mol. The fourth-order valence-corrected chi connectivity index (χ4v) is 2.76. The van der Waals surface area contributed by atoms with Gasteiger partial charge in [-0.1, -0.05) is 25.1 Å². The summed E-state index contributed by atoms with van der Waals surface area (Å²) in [6, 6.07) is 8.00. The van der Waals surface area contributed by atoms with E-state index in [9.17, 15) is 4.79 Å². The van der Waals surface area contributed by atoms with Gasteiger partial charge in [0, 0.05) is 36.7 Å². The number of carbonyl (C=O) groups is 1. The minimum absolute atomic E-state index is 0.0733. The Hall–Kier alpha value is -2.80. The summed E-state index contributed by atoms with van der Waals surface area (Å²) in [5.74, 6) is 0.794. The molecular weight excluding hydrogens is 320 g/mol. The van der Waals surface area contributed by atoms with Crippen molar-refractivity contribution in [3.8, 4) is 0 Å². The number of nitrogens with one attached hydrogen (secondary N) is 2. The highest BCUT2D eigenvalue weighted by atomic mass is 16.3. The summed E-state index contributed by atoms with van der Waals surface area (Å²) in [5.41, 5.74) is 2.88. The number of para-hydroxylation sites is 1. The first-order chi connectivity index (χ1) is 12.2. The Bertz CT molecular complexity index is 853. The van der Waals surface area contributed by atoms with E-state index in [-0.39, 0.29) is 25.6 Å². The Kier molecular flexibility index (Phi) is 5.35. The maximum absolute atomic E-state index is 11.6. The number of amides is 1. The van der Waals surface area contributed by atoms with Crippen LogP contribution in [-0.4, -0.2) is 33.9 Å². The normalized spacial score (nSPS) is 11.0. The van der Waals surface area contributed by atoms with Crippen LogP contribution in [-0.2, 0) is 24.3 Å². The number of aryl methyl sites for hydroxylation is 1. The molecule has 0 saturated heterocycles. The van der Waals surface area contributed by atoms with Crippen molar-refractivity contribution in [3.05, 3.63) is 48.0 Å². The molecule has 0 radical (unpaired) electrons. The molecule has 0 aliphatic rings. The third kappa shape index (κ3) is 4.00. The fourth-order valence-electron chi connectivity index (χ4n) is 2.76. The van der Waals surface area contributed by atoms with Crippen molar-refractivity contribution in [3.63, 3.8) is 0 Å². The van der Waals surface area contributed by atoms with Gasteiger partial charge in [0.25, 0.3) is 0 Å². The van der Waals surface area contributed by atoms with E-state index in [0.29, 0.717) is 6.54 Å². The molecule has 132 valence electrons. The molecular formula is C18H22N4O3. The number of hydrogen-bond donors (Lipinski definition) is 3. The predicted molar refractivity (Wildman–Crippen MR) is 95.2 cm³/mol. The first-order valence-electron chi connectivity index (χ1n) is 8.34. The van der Waals surface area contributed by atoms with Crippen LogP contribution in [0.2, 0.25) is 0 Å². The SMILES string of the molecule is CCc1oc2ccccc2c1CNc1cnn(CC(=O)NCCO)c1. The number of fused-ring (bicyclic) bond motifs is 1. The molecule has 7 nitrogen and oxygen atoms in total. The molecule has 0 aliphatic carbocycles. The van der Waals surface area contributed by atoms with Gasteiger partial charge in [0.1, 0.15) is 17.9 Å². The van der Waals surface area contributed by atoms with Crippen LogP contribution in [0.15, 0.2) is 41.1 Å². The number of nitrogens with zero attached hydrogens (tertiary/aromatic N) is 2. The van der Waals surface area contributed by atoms with Crippen LogP contribution in [0.25, 0.3) is 11.0 Å². The highest BCUT2D eigenvalue weighted by molar-refractivity contribution is 5.82. The second-order valence-electron chi connectivity index (χ2n) is 5.71. The van der Waals surface area contributed by atoms with E-state index in [1.807, 2.05) is 18.2 Å². The lowest BCUT2D eigenvalue weighted by Crippen LogP contribution is -2.30. The van der Waals surface area contributed by atoms with Gasteiger partial charge in [0.15, 0.2) is 0 Å². The molecule has 0 spiro atoms. The van der Waals surface area contributed by atoms with E-state index < -0.39 is 0 Å². The van der Waals surface area contributed by atoms with Crippen molar-refractivity contribution in [2.45, 2.75) is 26.4 Å². The zero-order valence-electron chi connectivity index (χ0n) is 14.2. The van der Waals surface area contributed by atoms with Crippen molar-refractivity contribution in [1.82, 2.24) is 15.1 Å². The smallest absolute Gasteiger partial charge is 0.241 e. The van der Waals surface area contributed by atoms with Crippen molar-refractivity contribution in [2.75, 3.05) is 18.5 Å². The highest BCUT2D eigenvalue weighted by Gasteiger charge is 2.12. The molecule has 0 unspecified atom stereocenters. The molecule has 0 atom stereocenters. The van der Waals surface area contributed by atoms with Gasteiger partial charge in [0.05, 0.1) is 18.5 Å². The Labute approximate surface area is 145 Å². The van der Waals surface area contributed by atoms with E-state index in [1.54, 1.807) is 17.1 Å². The lowest BCUT2D eigenvalue weighted by molar-refractivity contribution is -0.122. The van der Waals surface area contributed by atoms with Crippen molar-refractivity contribution < 1.29 is 14.3 Å². The molecule has 1 aromatic carbocycles. The molecule has 0 aliphatic heterocycles. The first-order valence-corrected chi connectivity index (χ1v) is 8.34. The Morgan fingerprint density at radius 1 is 1.36 bits per heavy atom. The van der Waals surface area contributed by atoms with Crippen LogP contribution in [0.4, 0.5) is 5.69 Å². The van der Waals surface area contributed by atoms with E-state index in [0.717, 1.165) is 34.4 Å². The zero-order chi connectivity index (χ0) is 17.6. The zero-order valence-corrected chi connectivity index (χ0v) is 14.2. The number of aliphatic hydroxyl groups excluding tert-OH is 1. The predicted octanol–water partition coefficient (Wildman–Crippen LogP) is 1.91. The summed E-state index contributed by atoms with van der Waals surface area (Å²) in [5, 5.41) is 19.9. The number of benzene rings is 1. The van der Waals surface area contributed by atoms with Crippen molar-refractivity contribution >= 4 is 22.6 Å². The van der Waals surface area contributed by atoms with E-state index >= 15 is 0 Å². The Morgan fingerprint density at radius 3 is 3.00 bits per heavy atom. The largest absolute Gasteiger partial charge is 0.461 e. The number of carbonyl (C=O) groups excluding carboxylic acids is 1.